The van der Waals surface area contributed by atoms with Crippen LogP contribution in [0.2, 0.25) is 0 Å². The summed E-state index contributed by atoms with van der Waals surface area (Å²) in [6, 6.07) is 5.88. The van der Waals surface area contributed by atoms with Gasteiger partial charge in [0.1, 0.15) is 6.04 Å². The van der Waals surface area contributed by atoms with E-state index in [2.05, 4.69) is 28.5 Å². The Balaban J connectivity index is 1.56. The molecule has 34 heavy (non-hydrogen) atoms. The van der Waals surface area contributed by atoms with Crippen LogP contribution in [0.4, 0.5) is 5.69 Å². The number of anilines is 1. The van der Waals surface area contributed by atoms with Gasteiger partial charge in [-0.15, -0.1) is 0 Å². The summed E-state index contributed by atoms with van der Waals surface area (Å²) in [5.41, 5.74) is 2.73. The third-order valence-corrected chi connectivity index (χ3v) is 7.41. The van der Waals surface area contributed by atoms with E-state index in [9.17, 15) is 19.2 Å². The van der Waals surface area contributed by atoms with Gasteiger partial charge in [0.2, 0.25) is 17.7 Å². The number of nitrogens with zero attached hydrogens (tertiary/aromatic N) is 2. The van der Waals surface area contributed by atoms with Crippen molar-refractivity contribution in [3.8, 4) is 0 Å². The lowest BCUT2D eigenvalue weighted by molar-refractivity contribution is -0.137. The van der Waals surface area contributed by atoms with Crippen molar-refractivity contribution in [2.45, 2.75) is 96.3 Å². The number of piperidine rings is 1. The van der Waals surface area contributed by atoms with Gasteiger partial charge in [0.05, 0.1) is 0 Å². The fourth-order valence-corrected chi connectivity index (χ4v) is 5.69. The number of benzene rings is 1. The Morgan fingerprint density at radius 1 is 1.12 bits per heavy atom. The van der Waals surface area contributed by atoms with Crippen LogP contribution < -0.4 is 15.5 Å². The minimum absolute atomic E-state index is 0.0242. The van der Waals surface area contributed by atoms with Crippen LogP contribution in [0.3, 0.4) is 0 Å². The maximum Gasteiger partial charge on any atom is 0.255 e. The van der Waals surface area contributed by atoms with Crippen molar-refractivity contribution in [3.05, 3.63) is 29.3 Å². The van der Waals surface area contributed by atoms with E-state index in [1.165, 1.54) is 0 Å². The third-order valence-electron chi connectivity index (χ3n) is 7.41. The highest BCUT2D eigenvalue weighted by Gasteiger charge is 2.40. The van der Waals surface area contributed by atoms with Crippen molar-refractivity contribution in [1.29, 1.82) is 0 Å². The molecule has 0 aromatic heterocycles. The second-order valence-electron chi connectivity index (χ2n) is 9.81. The summed E-state index contributed by atoms with van der Waals surface area (Å²) in [6.45, 7) is 5.08. The van der Waals surface area contributed by atoms with Crippen LogP contribution in [0.1, 0.15) is 87.6 Å². The fraction of sp³-hybridized carbons (Fsp3) is 0.615. The molecule has 2 heterocycles. The quantitative estimate of drug-likeness (QED) is 0.452. The highest BCUT2D eigenvalue weighted by molar-refractivity contribution is 6.06. The predicted octanol–water partition coefficient (Wildman–Crippen LogP) is 2.89. The van der Waals surface area contributed by atoms with Gasteiger partial charge in [-0.1, -0.05) is 25.8 Å². The number of unbranched alkanes of at least 4 members (excludes halogenated alkanes) is 2. The maximum absolute atomic E-state index is 13.3. The number of hydrogen-bond acceptors (Lipinski definition) is 5. The molecule has 0 radical (unpaired) electrons. The number of fused-ring (bicyclic) bond motifs is 1. The molecule has 1 atom stereocenters. The smallest absolute Gasteiger partial charge is 0.255 e. The second-order valence-corrected chi connectivity index (χ2v) is 9.81. The van der Waals surface area contributed by atoms with Crippen LogP contribution in [0, 0.1) is 0 Å². The lowest BCUT2D eigenvalue weighted by atomic mass is 9.89. The first-order valence-corrected chi connectivity index (χ1v) is 12.7. The Labute approximate surface area is 201 Å². The Morgan fingerprint density at radius 3 is 2.56 bits per heavy atom. The molecular formula is C26H36N4O4. The number of imide groups is 1. The molecule has 0 spiro atoms. The number of nitrogens with one attached hydrogen (secondary N) is 2. The first-order valence-electron chi connectivity index (χ1n) is 12.7. The highest BCUT2D eigenvalue weighted by atomic mass is 16.2. The van der Waals surface area contributed by atoms with E-state index >= 15 is 0 Å². The SMILES string of the molecule is CCCCCN(c1cccc2c1CN(C1CCC(=O)NC1=O)C2=O)C1CCC(NC(C)=O)CC1. The summed E-state index contributed by atoms with van der Waals surface area (Å²) >= 11 is 0. The molecule has 184 valence electrons. The van der Waals surface area contributed by atoms with Crippen LogP contribution in [0.5, 0.6) is 0 Å². The Bertz CT molecular complexity index is 954. The van der Waals surface area contributed by atoms with Gasteiger partial charge >= 0.3 is 0 Å². The van der Waals surface area contributed by atoms with Gasteiger partial charge in [-0.2, -0.15) is 0 Å². The second kappa shape index (κ2) is 10.6. The van der Waals surface area contributed by atoms with E-state index in [1.807, 2.05) is 12.1 Å². The van der Waals surface area contributed by atoms with Crippen LogP contribution in [-0.2, 0) is 20.9 Å². The van der Waals surface area contributed by atoms with Gasteiger partial charge in [0, 0.05) is 55.3 Å². The van der Waals surface area contributed by atoms with Crippen LogP contribution in [0.25, 0.3) is 0 Å². The number of hydrogen-bond donors (Lipinski definition) is 2. The highest BCUT2D eigenvalue weighted by Crippen LogP contribution is 2.37. The van der Waals surface area contributed by atoms with Crippen molar-refractivity contribution < 1.29 is 19.2 Å². The van der Waals surface area contributed by atoms with E-state index in [1.54, 1.807) is 11.8 Å². The third kappa shape index (κ3) is 5.10. The summed E-state index contributed by atoms with van der Waals surface area (Å²) in [5.74, 6) is -0.761. The average Bonchev–Trinajstić information content (AvgIpc) is 3.14. The summed E-state index contributed by atoms with van der Waals surface area (Å²) in [7, 11) is 0. The summed E-state index contributed by atoms with van der Waals surface area (Å²) in [6.07, 6.45) is 7.87. The van der Waals surface area contributed by atoms with Crippen molar-refractivity contribution in [2.75, 3.05) is 11.4 Å². The first-order chi connectivity index (χ1) is 16.4. The maximum atomic E-state index is 13.3. The molecule has 0 bridgehead atoms. The average molecular weight is 469 g/mol. The van der Waals surface area contributed by atoms with Crippen LogP contribution in [-0.4, -0.2) is 53.2 Å². The fourth-order valence-electron chi connectivity index (χ4n) is 5.69. The summed E-state index contributed by atoms with van der Waals surface area (Å²) < 4.78 is 0. The topological polar surface area (TPSA) is 98.8 Å². The minimum atomic E-state index is -0.605. The van der Waals surface area contributed by atoms with Gasteiger partial charge in [-0.25, -0.2) is 0 Å². The van der Waals surface area contributed by atoms with Gasteiger partial charge in [-0.05, 0) is 50.7 Å². The molecule has 2 fully saturated rings. The minimum Gasteiger partial charge on any atom is -0.368 e. The predicted molar refractivity (Wildman–Crippen MR) is 129 cm³/mol. The molecule has 1 aromatic rings. The van der Waals surface area contributed by atoms with E-state index in [0.29, 0.717) is 24.6 Å². The van der Waals surface area contributed by atoms with Gasteiger partial charge in [-0.3, -0.25) is 24.5 Å². The monoisotopic (exact) mass is 468 g/mol. The molecule has 2 aliphatic heterocycles. The van der Waals surface area contributed by atoms with Crippen molar-refractivity contribution in [3.63, 3.8) is 0 Å². The lowest BCUT2D eigenvalue weighted by Gasteiger charge is -2.39. The molecular weight excluding hydrogens is 432 g/mol. The normalized spacial score (nSPS) is 24.6. The molecule has 1 saturated carbocycles. The Morgan fingerprint density at radius 2 is 1.88 bits per heavy atom. The Hall–Kier alpha value is -2.90. The number of rotatable bonds is 8. The number of amides is 4. The van der Waals surface area contributed by atoms with E-state index in [0.717, 1.165) is 62.7 Å². The molecule has 4 amide bonds. The zero-order chi connectivity index (χ0) is 24.2. The zero-order valence-corrected chi connectivity index (χ0v) is 20.3. The molecule has 3 aliphatic rings. The van der Waals surface area contributed by atoms with Crippen LogP contribution >= 0.6 is 0 Å². The molecule has 8 heteroatoms. The van der Waals surface area contributed by atoms with Crippen molar-refractivity contribution >= 4 is 29.3 Å². The molecule has 8 nitrogen and oxygen atoms in total. The Kier molecular flexibility index (Phi) is 7.54. The zero-order valence-electron chi connectivity index (χ0n) is 20.3. The van der Waals surface area contributed by atoms with Gasteiger partial charge < -0.3 is 15.1 Å². The molecule has 2 N–H and O–H groups in total. The molecule has 4 rings (SSSR count). The standard InChI is InChI=1S/C26H36N4O4/c1-3-4-5-15-29(19-11-9-18(10-12-19)27-17(2)31)22-8-6-7-20-21(22)16-30(26(20)34)23-13-14-24(32)28-25(23)33/h6-8,18-19,23H,3-5,9-16H2,1-2H3,(H,27,31)(H,28,32,33). The number of carbonyl (C=O) groups excluding carboxylic acids is 4. The molecule has 1 unspecified atom stereocenters. The summed E-state index contributed by atoms with van der Waals surface area (Å²) in [5, 5.41) is 5.44. The van der Waals surface area contributed by atoms with Crippen molar-refractivity contribution in [2.24, 2.45) is 0 Å². The van der Waals surface area contributed by atoms with E-state index in [4.69, 9.17) is 0 Å². The number of carbonyl (C=O) groups is 4. The van der Waals surface area contributed by atoms with Gasteiger partial charge in [0.25, 0.3) is 5.91 Å². The lowest BCUT2D eigenvalue weighted by Crippen LogP contribution is -2.52. The van der Waals surface area contributed by atoms with E-state index < -0.39 is 6.04 Å². The largest absolute Gasteiger partial charge is 0.368 e. The van der Waals surface area contributed by atoms with Crippen molar-refractivity contribution in [1.82, 2.24) is 15.5 Å². The van der Waals surface area contributed by atoms with E-state index in [-0.39, 0.29) is 36.1 Å². The molecule has 1 aliphatic carbocycles. The first kappa shape index (κ1) is 24.2. The molecule has 1 aromatic carbocycles. The van der Waals surface area contributed by atoms with Gasteiger partial charge in [0.15, 0.2) is 0 Å². The molecule has 1 saturated heterocycles. The van der Waals surface area contributed by atoms with Crippen LogP contribution in [0.15, 0.2) is 18.2 Å². The summed E-state index contributed by atoms with van der Waals surface area (Å²) in [4.78, 5) is 52.9.